The predicted octanol–water partition coefficient (Wildman–Crippen LogP) is 5.02. The highest BCUT2D eigenvalue weighted by Gasteiger charge is 2.16. The molecule has 0 bridgehead atoms. The minimum Gasteiger partial charge on any atom is -1.00 e. The van der Waals surface area contributed by atoms with E-state index in [-0.39, 0.29) is 50.9 Å². The molecule has 4 aromatic heterocycles. The number of unbranched alkanes of at least 4 members (excludes halogenated alkanes) is 6. The first-order valence-electron chi connectivity index (χ1n) is 29.1. The number of esters is 2. The van der Waals surface area contributed by atoms with Crippen LogP contribution in [0, 0.1) is 0 Å². The largest absolute Gasteiger partial charge is 1.00 e. The SMILES string of the molecule is CN(/N=C/c1cc[n+](CCCCCCBr)cc1)c1ccccc1.COC(=O)c1cc(N(C)C)ccc1N=Nc1cc[n+](CCCCCC[n+]2ccc(/C=N\N(C)c3ccccc3)cc2)cc1.COC(=O)c1cc(N(C)C)ccc1N=Nc1ccncc1.[Br-].[Br-].[Br-]. The molecule has 0 aliphatic carbocycles. The van der Waals surface area contributed by atoms with Crippen LogP contribution in [0.25, 0.3) is 0 Å². The summed E-state index contributed by atoms with van der Waals surface area (Å²) in [4.78, 5) is 31.8. The van der Waals surface area contributed by atoms with Crippen LogP contribution in [0.3, 0.4) is 0 Å². The van der Waals surface area contributed by atoms with Crippen LogP contribution >= 0.6 is 15.9 Å². The van der Waals surface area contributed by atoms with Gasteiger partial charge in [0.05, 0.1) is 60.5 Å². The number of ether oxygens (including phenoxy) is 2. The first kappa shape index (κ1) is 76.3. The van der Waals surface area contributed by atoms with Gasteiger partial charge in [-0.25, -0.2) is 23.3 Å². The number of para-hydroxylation sites is 2. The van der Waals surface area contributed by atoms with Gasteiger partial charge in [0.1, 0.15) is 31.0 Å². The van der Waals surface area contributed by atoms with Gasteiger partial charge in [-0.2, -0.15) is 20.4 Å². The third-order valence-corrected chi connectivity index (χ3v) is 14.2. The van der Waals surface area contributed by atoms with Gasteiger partial charge in [0.25, 0.3) is 0 Å². The maximum absolute atomic E-state index is 12.2. The summed E-state index contributed by atoms with van der Waals surface area (Å²) in [6.07, 6.45) is 29.3. The Labute approximate surface area is 571 Å². The second kappa shape index (κ2) is 42.9. The molecular weight excluding hydrogens is 1400 g/mol. The fourth-order valence-electron chi connectivity index (χ4n) is 8.44. The number of halogens is 4. The Hall–Kier alpha value is -7.92. The van der Waals surface area contributed by atoms with Crippen LogP contribution in [0.5, 0.6) is 0 Å². The monoisotopic (exact) mass is 1470 g/mol. The highest BCUT2D eigenvalue weighted by atomic mass is 79.9. The van der Waals surface area contributed by atoms with Crippen molar-refractivity contribution in [3.8, 4) is 0 Å². The van der Waals surface area contributed by atoms with Gasteiger partial charge < -0.3 is 70.2 Å². The molecule has 0 unspecified atom stereocenters. The molecule has 0 saturated heterocycles. The highest BCUT2D eigenvalue weighted by molar-refractivity contribution is 9.09. The van der Waals surface area contributed by atoms with E-state index in [0.29, 0.717) is 28.2 Å². The lowest BCUT2D eigenvalue weighted by atomic mass is 10.1. The molecule has 0 amide bonds. The van der Waals surface area contributed by atoms with Crippen LogP contribution in [-0.4, -0.2) is 91.2 Å². The Kier molecular flexibility index (Phi) is 36.4. The Morgan fingerprint density at radius 3 is 1.16 bits per heavy atom. The summed E-state index contributed by atoms with van der Waals surface area (Å²) in [5.74, 6) is -0.879. The van der Waals surface area contributed by atoms with Gasteiger partial charge in [0.15, 0.2) is 37.2 Å². The molecule has 0 radical (unpaired) electrons. The van der Waals surface area contributed by atoms with Gasteiger partial charge in [-0.15, -0.1) is 10.2 Å². The number of hydrogen-bond acceptors (Lipinski definition) is 15. The molecule has 8 rings (SSSR count). The topological polar surface area (TPSA) is 164 Å². The first-order chi connectivity index (χ1) is 42.3. The standard InChI is InChI=1S/C34H41N7O2.C19H25BrN3.C15H16N4O2.3BrH/c1-38(2)31-14-15-33(32(26-31)34(42)43-4)37-36-29-18-24-41(25-19-29)21-11-6-5-10-20-40-22-16-28(17-23-40)27-35-39(3)30-12-8-7-9-13-30;1-22(19-9-5-4-6-10-19)21-17-18-11-15-23(16-12-18)14-8-3-2-7-13-20;1-19(2)12-4-5-14(13(10-12)15(20)21-3)18-17-11-6-8-16-9-7-11;;;/h7-9,12-19,22-27H,5-6,10-11,20-21H2,1-4H3;4-6,9-12,15-17H,2-3,7-8,13-14H2,1H3;4-10H,1-3H3;3*1H/q+2;+1;;;;/p-3. The van der Waals surface area contributed by atoms with Crippen molar-refractivity contribution in [2.45, 2.75) is 71.0 Å². The second-order valence-corrected chi connectivity index (χ2v) is 21.3. The number of pyridine rings is 4. The van der Waals surface area contributed by atoms with Crippen LogP contribution in [0.4, 0.5) is 45.5 Å². The lowest BCUT2D eigenvalue weighted by Crippen LogP contribution is -3.00. The number of carbonyl (C=O) groups is 2. The molecule has 0 saturated carbocycles. The summed E-state index contributed by atoms with van der Waals surface area (Å²) in [6, 6.07) is 46.8. The smallest absolute Gasteiger partial charge is 0.340 e. The van der Waals surface area contributed by atoms with E-state index in [2.05, 4.69) is 114 Å². The number of nitrogens with zero attached hydrogens (tertiary/aromatic N) is 14. The molecule has 0 aliphatic rings. The summed E-state index contributed by atoms with van der Waals surface area (Å²) >= 11 is 3.47. The Bertz CT molecular complexity index is 3440. The van der Waals surface area contributed by atoms with Crippen LogP contribution in [-0.2, 0) is 29.1 Å². The van der Waals surface area contributed by atoms with E-state index in [0.717, 1.165) is 77.4 Å². The molecule has 0 atom stereocenters. The summed E-state index contributed by atoms with van der Waals surface area (Å²) in [5, 5.41) is 30.7. The lowest BCUT2D eigenvalue weighted by molar-refractivity contribution is -0.698. The minimum absolute atomic E-state index is 0. The number of hydrazone groups is 2. The van der Waals surface area contributed by atoms with E-state index < -0.39 is 11.9 Å². The zero-order chi connectivity index (χ0) is 62.0. The van der Waals surface area contributed by atoms with Crippen LogP contribution in [0.2, 0.25) is 0 Å². The average molecular weight is 1480 g/mol. The molecule has 4 heterocycles. The van der Waals surface area contributed by atoms with E-state index in [9.17, 15) is 9.59 Å². The first-order valence-corrected chi connectivity index (χ1v) is 30.2. The average Bonchev–Trinajstić information content (AvgIpc) is 1.65. The van der Waals surface area contributed by atoms with Gasteiger partial charge in [-0.05, 0) is 98.5 Å². The fourth-order valence-corrected chi connectivity index (χ4v) is 8.84. The molecular formula is C68H82Br4N14O4. The maximum atomic E-state index is 12.2. The van der Waals surface area contributed by atoms with Crippen molar-refractivity contribution in [1.82, 2.24) is 4.98 Å². The molecule has 476 valence electrons. The minimum atomic E-state index is -0.442. The van der Waals surface area contributed by atoms with Crippen molar-refractivity contribution in [3.63, 3.8) is 0 Å². The van der Waals surface area contributed by atoms with Crippen molar-refractivity contribution in [3.05, 3.63) is 217 Å². The van der Waals surface area contributed by atoms with Crippen molar-refractivity contribution in [2.75, 3.05) is 81.7 Å². The number of anilines is 4. The van der Waals surface area contributed by atoms with E-state index in [1.165, 1.54) is 52.7 Å². The second-order valence-electron chi connectivity index (χ2n) is 20.5. The zero-order valence-corrected chi connectivity index (χ0v) is 58.9. The van der Waals surface area contributed by atoms with Gasteiger partial charge in [0, 0.05) is 138 Å². The van der Waals surface area contributed by atoms with Crippen LogP contribution < -0.4 is 84.5 Å². The van der Waals surface area contributed by atoms with Crippen LogP contribution in [0.1, 0.15) is 83.2 Å². The quantitative estimate of drug-likeness (QED) is 0.0131. The van der Waals surface area contributed by atoms with Crippen LogP contribution in [0.15, 0.2) is 226 Å². The van der Waals surface area contributed by atoms with Crippen molar-refractivity contribution < 1.29 is 83.7 Å². The molecule has 0 aliphatic heterocycles. The number of alkyl halides is 1. The van der Waals surface area contributed by atoms with E-state index in [1.54, 1.807) is 48.8 Å². The van der Waals surface area contributed by atoms with Crippen molar-refractivity contribution >= 4 is 85.8 Å². The molecule has 22 heteroatoms. The van der Waals surface area contributed by atoms with Crippen molar-refractivity contribution in [1.29, 1.82) is 0 Å². The molecule has 0 fully saturated rings. The zero-order valence-electron chi connectivity index (χ0n) is 52.5. The fraction of sp³-hybridized carbons (Fsp3) is 0.294. The number of hydrogen-bond donors (Lipinski definition) is 0. The number of rotatable bonds is 27. The number of carbonyl (C=O) groups excluding carboxylic acids is 2. The van der Waals surface area contributed by atoms with E-state index in [1.807, 2.05) is 172 Å². The number of aromatic nitrogens is 4. The molecule has 0 spiro atoms. The molecule has 18 nitrogen and oxygen atoms in total. The highest BCUT2D eigenvalue weighted by Crippen LogP contribution is 2.29. The predicted molar refractivity (Wildman–Crippen MR) is 352 cm³/mol. The molecule has 4 aromatic carbocycles. The summed E-state index contributed by atoms with van der Waals surface area (Å²) < 4.78 is 16.4. The van der Waals surface area contributed by atoms with Crippen molar-refractivity contribution in [2.24, 2.45) is 30.7 Å². The number of aryl methyl sites for hydroxylation is 3. The Morgan fingerprint density at radius 2 is 0.800 bits per heavy atom. The molecule has 8 aromatic rings. The Morgan fingerprint density at radius 1 is 0.444 bits per heavy atom. The normalized spacial score (nSPS) is 10.7. The maximum Gasteiger partial charge on any atom is 0.340 e. The third-order valence-electron chi connectivity index (χ3n) is 13.6. The summed E-state index contributed by atoms with van der Waals surface area (Å²) in [5.41, 5.74) is 9.19. The van der Waals surface area contributed by atoms with E-state index in [4.69, 9.17) is 9.47 Å². The lowest BCUT2D eigenvalue weighted by Gasteiger charge is -2.14. The van der Waals surface area contributed by atoms with Gasteiger partial charge in [0.2, 0.25) is 0 Å². The third kappa shape index (κ3) is 27.0. The number of methoxy groups -OCH3 is 2. The van der Waals surface area contributed by atoms with Gasteiger partial charge in [-0.3, -0.25) is 15.0 Å². The van der Waals surface area contributed by atoms with Gasteiger partial charge >= 0.3 is 11.9 Å². The Balaban J connectivity index is 0.000000381. The molecule has 0 N–H and O–H groups in total. The number of azo groups is 2. The van der Waals surface area contributed by atoms with E-state index >= 15 is 0 Å². The summed E-state index contributed by atoms with van der Waals surface area (Å²) in [6.45, 7) is 3.04. The molecule has 90 heavy (non-hydrogen) atoms. The number of benzene rings is 4. The summed E-state index contributed by atoms with van der Waals surface area (Å²) in [7, 11) is 14.2. The van der Waals surface area contributed by atoms with Gasteiger partial charge in [-0.1, -0.05) is 58.7 Å².